The maximum Gasteiger partial charge on any atom is 0.143 e. The molecule has 0 amide bonds. The van der Waals surface area contributed by atoms with E-state index in [2.05, 4.69) is 294 Å². The lowest BCUT2D eigenvalue weighted by atomic mass is 9.68. The van der Waals surface area contributed by atoms with Gasteiger partial charge in [-0.05, 0) is 222 Å². The molecule has 2 spiro atoms. The summed E-state index contributed by atoms with van der Waals surface area (Å²) in [5.41, 5.74) is 37.4. The molecule has 0 radical (unpaired) electrons. The highest BCUT2D eigenvalue weighted by Gasteiger charge is 2.57. The molecule has 0 atom stereocenters. The molecule has 2 heterocycles. The van der Waals surface area contributed by atoms with Crippen LogP contribution in [0.3, 0.4) is 0 Å². The van der Waals surface area contributed by atoms with E-state index in [-0.39, 0.29) is 5.41 Å². The van der Waals surface area contributed by atoms with Crippen molar-refractivity contribution >= 4 is 60.9 Å². The lowest BCUT2D eigenvalue weighted by Crippen LogP contribution is -2.27. The summed E-state index contributed by atoms with van der Waals surface area (Å²) in [4.78, 5) is 2.51. The first-order chi connectivity index (χ1) is 43.6. The number of hydrogen-bond acceptors (Lipinski definition) is 3. The van der Waals surface area contributed by atoms with Crippen molar-refractivity contribution in [2.24, 2.45) is 0 Å². The molecule has 0 aliphatic heterocycles. The van der Waals surface area contributed by atoms with Crippen LogP contribution >= 0.6 is 0 Å². The molecule has 418 valence electrons. The van der Waals surface area contributed by atoms with Crippen molar-refractivity contribution < 1.29 is 8.83 Å². The molecule has 89 heavy (non-hydrogen) atoms. The topological polar surface area (TPSA) is 29.5 Å². The van der Waals surface area contributed by atoms with Crippen LogP contribution in [0.25, 0.3) is 111 Å². The van der Waals surface area contributed by atoms with Gasteiger partial charge in [0.05, 0.1) is 10.8 Å². The fraction of sp³-hybridized carbons (Fsp3) is 0.0930. The van der Waals surface area contributed by atoms with E-state index in [4.69, 9.17) is 8.83 Å². The molecule has 0 fully saturated rings. The minimum Gasteiger partial charge on any atom is -0.456 e. The van der Waals surface area contributed by atoms with Crippen molar-refractivity contribution in [1.82, 2.24) is 0 Å². The van der Waals surface area contributed by atoms with Crippen molar-refractivity contribution in [2.75, 3.05) is 4.90 Å². The third-order valence-electron chi connectivity index (χ3n) is 21.5. The summed E-state index contributed by atoms with van der Waals surface area (Å²) in [6, 6.07) is 96.8. The molecule has 0 saturated heterocycles. The molecule has 3 nitrogen and oxygen atoms in total. The summed E-state index contributed by atoms with van der Waals surface area (Å²) in [7, 11) is 0. The van der Waals surface area contributed by atoms with E-state index in [0.29, 0.717) is 0 Å². The van der Waals surface area contributed by atoms with Crippen molar-refractivity contribution in [3.8, 4) is 66.8 Å². The predicted molar refractivity (Wildman–Crippen MR) is 365 cm³/mol. The first-order valence-corrected chi connectivity index (χ1v) is 31.4. The third-order valence-corrected chi connectivity index (χ3v) is 21.5. The van der Waals surface area contributed by atoms with Gasteiger partial charge in [0.25, 0.3) is 0 Å². The molecule has 2 aromatic heterocycles. The van der Waals surface area contributed by atoms with Gasteiger partial charge < -0.3 is 13.7 Å². The number of rotatable bonds is 4. The van der Waals surface area contributed by atoms with Crippen molar-refractivity contribution in [3.05, 3.63) is 327 Å². The Hall–Kier alpha value is -10.7. The van der Waals surface area contributed by atoms with E-state index in [1.54, 1.807) is 0 Å². The van der Waals surface area contributed by atoms with Crippen LogP contribution in [0.2, 0.25) is 0 Å². The summed E-state index contributed by atoms with van der Waals surface area (Å²) in [5, 5.41) is 4.66. The van der Waals surface area contributed by atoms with E-state index in [0.717, 1.165) is 55.7 Å². The van der Waals surface area contributed by atoms with Crippen LogP contribution in [0.15, 0.2) is 264 Å². The van der Waals surface area contributed by atoms with Crippen LogP contribution in [-0.4, -0.2) is 0 Å². The second-order valence-corrected chi connectivity index (χ2v) is 26.3. The summed E-state index contributed by atoms with van der Waals surface area (Å²) < 4.78 is 13.8. The Morgan fingerprint density at radius 3 is 1.37 bits per heavy atom. The molecule has 13 aromatic carbocycles. The first-order valence-electron chi connectivity index (χ1n) is 31.4. The molecular weight excluding hydrogens is 1080 g/mol. The molecule has 3 heteroatoms. The zero-order valence-electron chi connectivity index (χ0n) is 50.0. The molecular formula is C86H57NO2. The van der Waals surface area contributed by atoms with Crippen LogP contribution in [0, 0.1) is 20.8 Å². The van der Waals surface area contributed by atoms with Crippen LogP contribution in [-0.2, 0) is 16.2 Å². The molecule has 5 aliphatic rings. The minimum absolute atomic E-state index is 0.358. The van der Waals surface area contributed by atoms with E-state index in [1.807, 2.05) is 0 Å². The van der Waals surface area contributed by atoms with Gasteiger partial charge in [-0.25, -0.2) is 0 Å². The minimum atomic E-state index is -0.662. The standard InChI is InChI=1S/C86H57NO2/c1-48-41-49(2)78(50(3)42-48)64-47-74-79(82-61-28-14-20-34-76(61)89-83(64)82)59-38-36-52(43-70(59)84(74,4)5)87(51-21-7-6-8-22-51)53-35-37-58-62-45-73-63(46-72(62)86(71(58)44-53)67-31-17-11-25-56(67)57-26-12-18-32-68(57)86)80-69(39-40-77-81(80)60-27-13-19-33-75(60)88-77)85(73)65-29-15-9-23-54(65)55-24-10-16-30-66(55)85/h6-47H,1-5H3. The average Bonchev–Trinajstić information content (AvgIpc) is 1.49. The molecule has 0 saturated carbocycles. The predicted octanol–water partition coefficient (Wildman–Crippen LogP) is 22.5. The highest BCUT2D eigenvalue weighted by Crippen LogP contribution is 2.70. The number of hydrogen-bond donors (Lipinski definition) is 0. The van der Waals surface area contributed by atoms with E-state index < -0.39 is 10.8 Å². The van der Waals surface area contributed by atoms with Gasteiger partial charge in [0.15, 0.2) is 0 Å². The fourth-order valence-corrected chi connectivity index (χ4v) is 18.2. The second-order valence-electron chi connectivity index (χ2n) is 26.3. The van der Waals surface area contributed by atoms with Gasteiger partial charge in [-0.1, -0.05) is 201 Å². The SMILES string of the molecule is Cc1cc(C)c(-c2cc3c(c4c2oc2ccccc24)-c2ccc(N(c4ccccc4)c4ccc5c(c4)C4(c6ccccc6-c6ccccc64)c4cc6c(cc4-5)C4(c5ccccc5-c5ccccc54)c4ccc5oc7ccccc7c5c4-6)cc2C3(C)C)c(C)c1. The maximum atomic E-state index is 7.02. The maximum absolute atomic E-state index is 7.02. The molecule has 15 aromatic rings. The Kier molecular flexibility index (Phi) is 9.47. The Bertz CT molecular complexity index is 5590. The lowest BCUT2D eigenvalue weighted by molar-refractivity contribution is 0.657. The zero-order valence-corrected chi connectivity index (χ0v) is 50.0. The molecule has 0 bridgehead atoms. The molecule has 0 unspecified atom stereocenters. The number of para-hydroxylation sites is 3. The molecule has 5 aliphatic carbocycles. The van der Waals surface area contributed by atoms with E-state index in [1.165, 1.54) is 144 Å². The third kappa shape index (κ3) is 5.99. The van der Waals surface area contributed by atoms with Gasteiger partial charge in [-0.2, -0.15) is 0 Å². The Labute approximate surface area is 516 Å². The van der Waals surface area contributed by atoms with Crippen LogP contribution in [0.1, 0.15) is 86.2 Å². The number of nitrogens with zero attached hydrogens (tertiary/aromatic N) is 1. The van der Waals surface area contributed by atoms with E-state index in [9.17, 15) is 0 Å². The highest BCUT2D eigenvalue weighted by atomic mass is 16.3. The largest absolute Gasteiger partial charge is 0.456 e. The normalized spacial score (nSPS) is 14.8. The summed E-state index contributed by atoms with van der Waals surface area (Å²) in [5.74, 6) is 0. The smallest absolute Gasteiger partial charge is 0.143 e. The number of aryl methyl sites for hydroxylation is 3. The number of benzene rings is 13. The number of furan rings is 2. The van der Waals surface area contributed by atoms with Gasteiger partial charge in [0, 0.05) is 49.6 Å². The Morgan fingerprint density at radius 2 is 0.742 bits per heavy atom. The van der Waals surface area contributed by atoms with Gasteiger partial charge in [0.2, 0.25) is 0 Å². The van der Waals surface area contributed by atoms with Gasteiger partial charge >= 0.3 is 0 Å². The van der Waals surface area contributed by atoms with Crippen LogP contribution < -0.4 is 4.90 Å². The van der Waals surface area contributed by atoms with Crippen molar-refractivity contribution in [1.29, 1.82) is 0 Å². The Balaban J connectivity index is 0.844. The zero-order chi connectivity index (χ0) is 59.0. The summed E-state index contributed by atoms with van der Waals surface area (Å²) in [6.45, 7) is 11.5. The fourth-order valence-electron chi connectivity index (χ4n) is 18.2. The summed E-state index contributed by atoms with van der Waals surface area (Å²) in [6.07, 6.45) is 0. The van der Waals surface area contributed by atoms with Gasteiger partial charge in [0.1, 0.15) is 22.3 Å². The lowest BCUT2D eigenvalue weighted by Gasteiger charge is -2.33. The van der Waals surface area contributed by atoms with Crippen LogP contribution in [0.4, 0.5) is 17.1 Å². The molecule has 0 N–H and O–H groups in total. The second kappa shape index (κ2) is 17.1. The van der Waals surface area contributed by atoms with Crippen LogP contribution in [0.5, 0.6) is 0 Å². The van der Waals surface area contributed by atoms with E-state index >= 15 is 0 Å². The number of anilines is 3. The van der Waals surface area contributed by atoms with Crippen molar-refractivity contribution in [2.45, 2.75) is 50.9 Å². The average molecular weight is 1140 g/mol. The van der Waals surface area contributed by atoms with Gasteiger partial charge in [-0.15, -0.1) is 0 Å². The number of fused-ring (bicyclic) bond motifs is 31. The van der Waals surface area contributed by atoms with Gasteiger partial charge in [-0.3, -0.25) is 0 Å². The Morgan fingerprint density at radius 1 is 0.281 bits per heavy atom. The quantitative estimate of drug-likeness (QED) is 0.176. The monoisotopic (exact) mass is 1140 g/mol. The van der Waals surface area contributed by atoms with Crippen molar-refractivity contribution in [3.63, 3.8) is 0 Å². The first kappa shape index (κ1) is 49.4. The molecule has 20 rings (SSSR count). The highest BCUT2D eigenvalue weighted by molar-refractivity contribution is 6.20. The summed E-state index contributed by atoms with van der Waals surface area (Å²) >= 11 is 0.